The SMILES string of the molecule is O=C(Nc1ccccc1Cl)C(=Cc1cnn(-c2ccccc2)c1)C(=O)Nc1ccccc1Cl. The first kappa shape index (κ1) is 22.3. The molecule has 0 fully saturated rings. The Bertz CT molecular complexity index is 1270. The lowest BCUT2D eigenvalue weighted by Gasteiger charge is -2.11. The highest BCUT2D eigenvalue weighted by molar-refractivity contribution is 6.36. The van der Waals surface area contributed by atoms with Crippen LogP contribution in [0.4, 0.5) is 11.4 Å². The third-order valence-electron chi connectivity index (χ3n) is 4.67. The van der Waals surface area contributed by atoms with Crippen molar-refractivity contribution in [2.75, 3.05) is 10.6 Å². The minimum Gasteiger partial charge on any atom is -0.320 e. The van der Waals surface area contributed by atoms with Gasteiger partial charge in [0.25, 0.3) is 11.8 Å². The zero-order valence-corrected chi connectivity index (χ0v) is 18.7. The summed E-state index contributed by atoms with van der Waals surface area (Å²) in [4.78, 5) is 26.2. The molecule has 0 aliphatic carbocycles. The molecule has 0 atom stereocenters. The van der Waals surface area contributed by atoms with Gasteiger partial charge in [0, 0.05) is 11.8 Å². The standard InChI is InChI=1S/C25H18Cl2N4O2/c26-20-10-4-6-12-22(20)29-24(32)19(25(33)30-23-13-7-5-11-21(23)27)14-17-15-28-31(16-17)18-8-2-1-3-9-18/h1-16H,(H,29,32)(H,30,33). The molecule has 0 saturated carbocycles. The Kier molecular flexibility index (Phi) is 6.88. The monoisotopic (exact) mass is 476 g/mol. The molecule has 0 saturated heterocycles. The van der Waals surface area contributed by atoms with Crippen LogP contribution in [0.5, 0.6) is 0 Å². The van der Waals surface area contributed by atoms with Crippen LogP contribution in [0, 0.1) is 0 Å². The van der Waals surface area contributed by atoms with Crippen molar-refractivity contribution in [3.8, 4) is 5.69 Å². The Morgan fingerprint density at radius 2 is 1.27 bits per heavy atom. The summed E-state index contributed by atoms with van der Waals surface area (Å²) in [7, 11) is 0. The van der Waals surface area contributed by atoms with Crippen molar-refractivity contribution in [1.82, 2.24) is 9.78 Å². The number of para-hydroxylation sites is 3. The minimum absolute atomic E-state index is 0.137. The molecule has 1 aromatic heterocycles. The number of anilines is 2. The molecule has 2 amide bonds. The number of carbonyl (C=O) groups is 2. The average molecular weight is 477 g/mol. The number of benzene rings is 3. The third kappa shape index (κ3) is 5.49. The van der Waals surface area contributed by atoms with Crippen LogP contribution in [-0.2, 0) is 9.59 Å². The normalized spacial score (nSPS) is 10.4. The van der Waals surface area contributed by atoms with Crippen LogP contribution in [0.3, 0.4) is 0 Å². The predicted molar refractivity (Wildman–Crippen MR) is 132 cm³/mol. The van der Waals surface area contributed by atoms with Gasteiger partial charge < -0.3 is 10.6 Å². The van der Waals surface area contributed by atoms with E-state index in [-0.39, 0.29) is 5.57 Å². The number of hydrogen-bond donors (Lipinski definition) is 2. The summed E-state index contributed by atoms with van der Waals surface area (Å²) in [6.45, 7) is 0. The third-order valence-corrected chi connectivity index (χ3v) is 5.33. The molecule has 6 nitrogen and oxygen atoms in total. The van der Waals surface area contributed by atoms with E-state index in [4.69, 9.17) is 23.2 Å². The van der Waals surface area contributed by atoms with Gasteiger partial charge in [-0.05, 0) is 42.5 Å². The van der Waals surface area contributed by atoms with E-state index in [1.807, 2.05) is 30.3 Å². The molecular weight excluding hydrogens is 459 g/mol. The maximum atomic E-state index is 13.1. The highest BCUT2D eigenvalue weighted by Crippen LogP contribution is 2.24. The predicted octanol–water partition coefficient (Wildman–Crippen LogP) is 5.84. The van der Waals surface area contributed by atoms with E-state index in [0.29, 0.717) is 27.0 Å². The van der Waals surface area contributed by atoms with Gasteiger partial charge in [0.15, 0.2) is 0 Å². The van der Waals surface area contributed by atoms with E-state index in [0.717, 1.165) is 5.69 Å². The van der Waals surface area contributed by atoms with E-state index in [2.05, 4.69) is 15.7 Å². The van der Waals surface area contributed by atoms with Crippen molar-refractivity contribution < 1.29 is 9.59 Å². The molecule has 0 unspecified atom stereocenters. The second kappa shape index (κ2) is 10.2. The summed E-state index contributed by atoms with van der Waals surface area (Å²) in [5.74, 6) is -1.25. The van der Waals surface area contributed by atoms with Gasteiger partial charge in [0.1, 0.15) is 5.57 Å². The lowest BCUT2D eigenvalue weighted by Crippen LogP contribution is -2.25. The average Bonchev–Trinajstić information content (AvgIpc) is 3.30. The molecule has 0 bridgehead atoms. The van der Waals surface area contributed by atoms with Gasteiger partial charge >= 0.3 is 0 Å². The molecule has 0 radical (unpaired) electrons. The van der Waals surface area contributed by atoms with Gasteiger partial charge in [0.2, 0.25) is 0 Å². The summed E-state index contributed by atoms with van der Waals surface area (Å²) in [5.41, 5.74) is 2.06. The molecule has 1 heterocycles. The van der Waals surface area contributed by atoms with Crippen molar-refractivity contribution in [3.63, 3.8) is 0 Å². The van der Waals surface area contributed by atoms with Crippen LogP contribution in [0.2, 0.25) is 10.0 Å². The number of nitrogens with one attached hydrogen (secondary N) is 2. The van der Waals surface area contributed by atoms with E-state index < -0.39 is 11.8 Å². The van der Waals surface area contributed by atoms with Gasteiger partial charge in [-0.2, -0.15) is 5.10 Å². The number of aromatic nitrogens is 2. The zero-order valence-electron chi connectivity index (χ0n) is 17.2. The molecule has 33 heavy (non-hydrogen) atoms. The summed E-state index contributed by atoms with van der Waals surface area (Å²) < 4.78 is 1.65. The molecule has 8 heteroatoms. The lowest BCUT2D eigenvalue weighted by atomic mass is 10.1. The van der Waals surface area contributed by atoms with Crippen LogP contribution >= 0.6 is 23.2 Å². The second-order valence-electron chi connectivity index (χ2n) is 6.98. The summed E-state index contributed by atoms with van der Waals surface area (Å²) in [6, 6.07) is 23.1. The maximum absolute atomic E-state index is 13.1. The smallest absolute Gasteiger partial charge is 0.261 e. The first-order chi connectivity index (χ1) is 16.0. The van der Waals surface area contributed by atoms with Crippen LogP contribution < -0.4 is 10.6 Å². The van der Waals surface area contributed by atoms with Crippen molar-refractivity contribution in [2.45, 2.75) is 0 Å². The number of rotatable bonds is 6. The van der Waals surface area contributed by atoms with E-state index in [1.165, 1.54) is 6.08 Å². The molecule has 0 spiro atoms. The highest BCUT2D eigenvalue weighted by atomic mass is 35.5. The Hall–Kier alpha value is -3.87. The van der Waals surface area contributed by atoms with E-state index in [1.54, 1.807) is 65.6 Å². The number of nitrogens with zero attached hydrogens (tertiary/aromatic N) is 2. The van der Waals surface area contributed by atoms with Gasteiger partial charge in [-0.25, -0.2) is 4.68 Å². The first-order valence-corrected chi connectivity index (χ1v) is 10.7. The van der Waals surface area contributed by atoms with Crippen molar-refractivity contribution in [1.29, 1.82) is 0 Å². The Morgan fingerprint density at radius 1 is 0.758 bits per heavy atom. The molecule has 3 aromatic carbocycles. The lowest BCUT2D eigenvalue weighted by molar-refractivity contribution is -0.118. The van der Waals surface area contributed by atoms with Crippen molar-refractivity contribution in [2.24, 2.45) is 0 Å². The van der Waals surface area contributed by atoms with E-state index in [9.17, 15) is 9.59 Å². The van der Waals surface area contributed by atoms with Crippen LogP contribution in [0.25, 0.3) is 11.8 Å². The molecule has 4 aromatic rings. The number of halogens is 2. The topological polar surface area (TPSA) is 76.0 Å². The Balaban J connectivity index is 1.67. The minimum atomic E-state index is -0.625. The largest absolute Gasteiger partial charge is 0.320 e. The Morgan fingerprint density at radius 3 is 1.82 bits per heavy atom. The van der Waals surface area contributed by atoms with Gasteiger partial charge in [0.05, 0.1) is 33.3 Å². The van der Waals surface area contributed by atoms with Gasteiger partial charge in [-0.1, -0.05) is 65.7 Å². The molecule has 164 valence electrons. The number of carbonyl (C=O) groups excluding carboxylic acids is 2. The molecule has 0 aliphatic heterocycles. The van der Waals surface area contributed by atoms with Crippen molar-refractivity contribution >= 4 is 52.5 Å². The summed E-state index contributed by atoms with van der Waals surface area (Å²) in [6.07, 6.45) is 4.75. The van der Waals surface area contributed by atoms with Crippen LogP contribution in [-0.4, -0.2) is 21.6 Å². The summed E-state index contributed by atoms with van der Waals surface area (Å²) >= 11 is 12.3. The van der Waals surface area contributed by atoms with Crippen LogP contribution in [0.1, 0.15) is 5.56 Å². The van der Waals surface area contributed by atoms with Crippen LogP contribution in [0.15, 0.2) is 96.8 Å². The second-order valence-corrected chi connectivity index (χ2v) is 7.79. The van der Waals surface area contributed by atoms with E-state index >= 15 is 0 Å². The number of hydrogen-bond acceptors (Lipinski definition) is 3. The van der Waals surface area contributed by atoms with Gasteiger partial charge in [-0.15, -0.1) is 0 Å². The number of amides is 2. The van der Waals surface area contributed by atoms with Crippen molar-refractivity contribution in [3.05, 3.63) is 112 Å². The Labute approximate surface area is 200 Å². The fourth-order valence-corrected chi connectivity index (χ4v) is 3.40. The fraction of sp³-hybridized carbons (Fsp3) is 0. The molecular formula is C25H18Cl2N4O2. The molecule has 4 rings (SSSR count). The summed E-state index contributed by atoms with van der Waals surface area (Å²) in [5, 5.41) is 10.4. The fourth-order valence-electron chi connectivity index (χ4n) is 3.04. The highest BCUT2D eigenvalue weighted by Gasteiger charge is 2.21. The maximum Gasteiger partial charge on any atom is 0.261 e. The zero-order chi connectivity index (χ0) is 23.2. The molecule has 2 N–H and O–H groups in total. The quantitative estimate of drug-likeness (QED) is 0.208. The molecule has 0 aliphatic rings. The first-order valence-electron chi connectivity index (χ1n) is 9.95. The van der Waals surface area contributed by atoms with Gasteiger partial charge in [-0.3, -0.25) is 9.59 Å².